The van der Waals surface area contributed by atoms with E-state index in [1.54, 1.807) is 18.2 Å². The number of aromatic nitrogens is 1. The van der Waals surface area contributed by atoms with Crippen molar-refractivity contribution < 1.29 is 41.5 Å². The minimum Gasteiger partial charge on any atom is -0.336 e. The van der Waals surface area contributed by atoms with Crippen LogP contribution < -0.4 is 5.56 Å². The van der Waals surface area contributed by atoms with E-state index in [1.165, 1.54) is 6.07 Å². The van der Waals surface area contributed by atoms with Gasteiger partial charge in [0, 0.05) is 37.7 Å². The van der Waals surface area contributed by atoms with E-state index < -0.39 is 18.5 Å². The van der Waals surface area contributed by atoms with Gasteiger partial charge in [-0.15, -0.1) is 28.7 Å². The van der Waals surface area contributed by atoms with Crippen molar-refractivity contribution >= 4 is 34.2 Å². The Morgan fingerprint density at radius 3 is 2.67 bits per heavy atom. The summed E-state index contributed by atoms with van der Waals surface area (Å²) < 4.78 is 26.8. The summed E-state index contributed by atoms with van der Waals surface area (Å²) >= 11 is 7.70. The monoisotopic (exact) mass is 497 g/mol. The van der Waals surface area contributed by atoms with E-state index in [2.05, 4.69) is 6.07 Å². The van der Waals surface area contributed by atoms with Gasteiger partial charge in [-0.2, -0.15) is 12.1 Å². The van der Waals surface area contributed by atoms with Gasteiger partial charge in [-0.1, -0.05) is 47.5 Å². The van der Waals surface area contributed by atoms with Gasteiger partial charge in [0.2, 0.25) is 5.56 Å². The summed E-state index contributed by atoms with van der Waals surface area (Å²) in [6.07, 6.45) is -2.61. The number of hydrogen-bond acceptors (Lipinski definition) is 1. The van der Waals surface area contributed by atoms with Crippen molar-refractivity contribution in [2.24, 2.45) is 0 Å². The Labute approximate surface area is 164 Å². The second-order valence-electron chi connectivity index (χ2n) is 4.25. The summed E-state index contributed by atoms with van der Waals surface area (Å²) in [5.74, 6) is 0. The van der Waals surface area contributed by atoms with Crippen LogP contribution in [0.4, 0.5) is 8.78 Å². The number of aryl methyl sites for hydroxylation is 1. The van der Waals surface area contributed by atoms with E-state index in [-0.39, 0.29) is 32.7 Å². The molecule has 0 N–H and O–H groups in total. The molecule has 1 radical (unpaired) electrons. The molecular formula is C14H10ClF2INOY-. The average molecular weight is 497 g/mol. The van der Waals surface area contributed by atoms with E-state index in [1.807, 2.05) is 29.5 Å². The van der Waals surface area contributed by atoms with Crippen molar-refractivity contribution in [3.05, 3.63) is 54.8 Å². The Morgan fingerprint density at radius 2 is 2.10 bits per heavy atom. The molecule has 0 aliphatic carbocycles. The van der Waals surface area contributed by atoms with Crippen LogP contribution in [-0.4, -0.2) is 11.0 Å². The second-order valence-corrected chi connectivity index (χ2v) is 5.85. The molecule has 0 atom stereocenters. The van der Waals surface area contributed by atoms with Crippen molar-refractivity contribution in [2.45, 2.75) is 19.9 Å². The van der Waals surface area contributed by atoms with Crippen LogP contribution >= 0.6 is 34.2 Å². The molecule has 0 amide bonds. The normalized spacial score (nSPS) is 10.6. The summed E-state index contributed by atoms with van der Waals surface area (Å²) in [7, 11) is 0. The summed E-state index contributed by atoms with van der Waals surface area (Å²) in [4.78, 5) is 12.1. The maximum absolute atomic E-state index is 12.7. The Kier molecular flexibility index (Phi) is 7.44. The molecule has 0 aliphatic heterocycles. The molecule has 0 saturated heterocycles. The van der Waals surface area contributed by atoms with Gasteiger partial charge in [0.25, 0.3) is 6.43 Å². The van der Waals surface area contributed by atoms with Crippen LogP contribution in [0.3, 0.4) is 0 Å². The number of alkyl halides is 2. The van der Waals surface area contributed by atoms with Gasteiger partial charge in [0.05, 0.1) is 6.54 Å². The molecule has 1 heterocycles. The first-order valence-electron chi connectivity index (χ1n) is 5.76. The number of nitrogens with zero attached hydrogens (tertiary/aromatic N) is 1. The number of rotatable bonds is 3. The molecule has 1 aromatic heterocycles. The standard InChI is InChI=1S/C14H10ClF2INO.Y/c1-8-6-9(15)2-3-10(8)12-5-4-11(18)14(20)19(12)7-13(16)17;/h2-4,6,13H,7H2,1H3;/q-1;. The minimum atomic E-state index is -2.61. The smallest absolute Gasteiger partial charge is 0.256 e. The summed E-state index contributed by atoms with van der Waals surface area (Å²) in [5, 5.41) is 0.555. The number of halogens is 4. The third-order valence-corrected chi connectivity index (χ3v) is 3.83. The van der Waals surface area contributed by atoms with Crippen LogP contribution in [0.1, 0.15) is 5.56 Å². The van der Waals surface area contributed by atoms with Crippen LogP contribution in [0.15, 0.2) is 29.1 Å². The zero-order chi connectivity index (χ0) is 14.9. The molecule has 0 bridgehead atoms. The first kappa shape index (κ1) is 19.2. The first-order chi connectivity index (χ1) is 9.40. The molecule has 2 nitrogen and oxygen atoms in total. The van der Waals surface area contributed by atoms with Crippen LogP contribution in [0.5, 0.6) is 0 Å². The molecule has 0 spiro atoms. The zero-order valence-electron chi connectivity index (χ0n) is 11.0. The fourth-order valence-corrected chi connectivity index (χ4v) is 2.60. The molecule has 0 fully saturated rings. The topological polar surface area (TPSA) is 22.0 Å². The van der Waals surface area contributed by atoms with Crippen LogP contribution in [0.2, 0.25) is 5.02 Å². The molecule has 0 aliphatic rings. The Balaban J connectivity index is 0.00000220. The molecular weight excluding hydrogens is 487 g/mol. The van der Waals surface area contributed by atoms with E-state index >= 15 is 0 Å². The first-order valence-corrected chi connectivity index (χ1v) is 7.21. The maximum Gasteiger partial charge on any atom is 0.256 e. The number of hydrogen-bond donors (Lipinski definition) is 0. The van der Waals surface area contributed by atoms with Crippen LogP contribution in [0, 0.1) is 16.6 Å². The Morgan fingerprint density at radius 1 is 1.43 bits per heavy atom. The van der Waals surface area contributed by atoms with Gasteiger partial charge in [-0.3, -0.25) is 4.79 Å². The van der Waals surface area contributed by atoms with E-state index in [0.29, 0.717) is 19.9 Å². The number of benzene rings is 1. The summed E-state index contributed by atoms with van der Waals surface area (Å²) in [6, 6.07) is 9.50. The largest absolute Gasteiger partial charge is 0.336 e. The van der Waals surface area contributed by atoms with Gasteiger partial charge in [-0.05, 0) is 3.57 Å². The molecule has 0 unspecified atom stereocenters. The van der Waals surface area contributed by atoms with Crippen molar-refractivity contribution in [1.82, 2.24) is 4.57 Å². The molecule has 2 rings (SSSR count). The van der Waals surface area contributed by atoms with Gasteiger partial charge >= 0.3 is 0 Å². The molecule has 7 heteroatoms. The predicted molar refractivity (Wildman–Crippen MR) is 83.4 cm³/mol. The predicted octanol–water partition coefficient (Wildman–Crippen LogP) is 4.14. The molecule has 1 aromatic carbocycles. The number of pyridine rings is 1. The van der Waals surface area contributed by atoms with Crippen molar-refractivity contribution in [2.75, 3.05) is 0 Å². The van der Waals surface area contributed by atoms with Crippen molar-refractivity contribution in [3.8, 4) is 11.3 Å². The van der Waals surface area contributed by atoms with Crippen molar-refractivity contribution in [3.63, 3.8) is 0 Å². The van der Waals surface area contributed by atoms with Crippen molar-refractivity contribution in [1.29, 1.82) is 0 Å². The zero-order valence-corrected chi connectivity index (χ0v) is 16.8. The Bertz CT molecular complexity index is 706. The van der Waals surface area contributed by atoms with Gasteiger partial charge in [-0.25, -0.2) is 8.78 Å². The fourth-order valence-electron chi connectivity index (χ4n) is 1.93. The van der Waals surface area contributed by atoms with E-state index in [9.17, 15) is 13.6 Å². The second kappa shape index (κ2) is 8.13. The van der Waals surface area contributed by atoms with Gasteiger partial charge in [0.1, 0.15) is 0 Å². The minimum absolute atomic E-state index is 0. The van der Waals surface area contributed by atoms with E-state index in [4.69, 9.17) is 11.6 Å². The summed E-state index contributed by atoms with van der Waals surface area (Å²) in [6.45, 7) is 1.16. The maximum atomic E-state index is 12.7. The molecule has 21 heavy (non-hydrogen) atoms. The van der Waals surface area contributed by atoms with E-state index in [0.717, 1.165) is 10.1 Å². The average Bonchev–Trinajstić information content (AvgIpc) is 2.36. The molecule has 2 aromatic rings. The quantitative estimate of drug-likeness (QED) is 0.462. The van der Waals surface area contributed by atoms with Crippen LogP contribution in [0.25, 0.3) is 11.3 Å². The molecule has 0 saturated carbocycles. The third kappa shape index (κ3) is 4.56. The van der Waals surface area contributed by atoms with Gasteiger partial charge in [0.15, 0.2) is 0 Å². The van der Waals surface area contributed by atoms with Crippen LogP contribution in [-0.2, 0) is 39.3 Å². The fraction of sp³-hybridized carbons (Fsp3) is 0.214. The summed E-state index contributed by atoms with van der Waals surface area (Å²) in [5.41, 5.74) is 1.39. The van der Waals surface area contributed by atoms with Gasteiger partial charge < -0.3 is 4.57 Å². The third-order valence-electron chi connectivity index (χ3n) is 2.82. The Hall–Kier alpha value is 0.154. The SMILES string of the molecule is Cc1cc(Cl)ccc1-c1[c-]cc(I)c(=O)n1CC(F)F.[Y]. The molecule has 109 valence electrons.